The Kier molecular flexibility index (Phi) is 3.26. The van der Waals surface area contributed by atoms with E-state index in [1.165, 1.54) is 5.56 Å². The summed E-state index contributed by atoms with van der Waals surface area (Å²) < 4.78 is 5.38. The summed E-state index contributed by atoms with van der Waals surface area (Å²) in [5.74, 6) is 0.183. The Bertz CT molecular complexity index is 576. The summed E-state index contributed by atoms with van der Waals surface area (Å²) in [6.07, 6.45) is 0.974. The van der Waals surface area contributed by atoms with Crippen molar-refractivity contribution in [3.63, 3.8) is 0 Å². The highest BCUT2D eigenvalue weighted by Crippen LogP contribution is 2.32. The number of rotatable bonds is 3. The SMILES string of the molecule is CCc1ccc2nc(C(C)(C)OC)c(O)cc2c1. The van der Waals surface area contributed by atoms with Crippen LogP contribution in [0.1, 0.15) is 32.0 Å². The molecule has 0 spiro atoms. The van der Waals surface area contributed by atoms with Crippen molar-refractivity contribution in [2.75, 3.05) is 7.11 Å². The van der Waals surface area contributed by atoms with Crippen molar-refractivity contribution < 1.29 is 9.84 Å². The van der Waals surface area contributed by atoms with Crippen LogP contribution in [0, 0.1) is 0 Å². The lowest BCUT2D eigenvalue weighted by atomic mass is 10.0. The maximum absolute atomic E-state index is 10.1. The fourth-order valence-electron chi connectivity index (χ4n) is 1.97. The van der Waals surface area contributed by atoms with Gasteiger partial charge in [0.15, 0.2) is 0 Å². The van der Waals surface area contributed by atoms with Gasteiger partial charge in [-0.2, -0.15) is 0 Å². The highest BCUT2D eigenvalue weighted by Gasteiger charge is 2.25. The fraction of sp³-hybridized carbons (Fsp3) is 0.400. The molecule has 1 heterocycles. The van der Waals surface area contributed by atoms with Gasteiger partial charge < -0.3 is 9.84 Å². The van der Waals surface area contributed by atoms with Crippen LogP contribution in [0.4, 0.5) is 0 Å². The number of pyridine rings is 1. The molecular formula is C15H19NO2. The van der Waals surface area contributed by atoms with Crippen LogP contribution in [0.5, 0.6) is 5.75 Å². The van der Waals surface area contributed by atoms with Gasteiger partial charge in [-0.3, -0.25) is 0 Å². The van der Waals surface area contributed by atoms with Crippen LogP contribution in [-0.2, 0) is 16.8 Å². The summed E-state index contributed by atoms with van der Waals surface area (Å²) in [5, 5.41) is 11.1. The first-order valence-corrected chi connectivity index (χ1v) is 6.16. The second kappa shape index (κ2) is 4.58. The van der Waals surface area contributed by atoms with Gasteiger partial charge in [0.25, 0.3) is 0 Å². The lowest BCUT2D eigenvalue weighted by molar-refractivity contribution is 0.0138. The minimum atomic E-state index is -0.596. The van der Waals surface area contributed by atoms with E-state index >= 15 is 0 Å². The van der Waals surface area contributed by atoms with Gasteiger partial charge in [0, 0.05) is 12.5 Å². The van der Waals surface area contributed by atoms with E-state index in [-0.39, 0.29) is 5.75 Å². The first-order valence-electron chi connectivity index (χ1n) is 6.16. The number of nitrogens with zero attached hydrogens (tertiary/aromatic N) is 1. The molecule has 2 aromatic rings. The Morgan fingerprint density at radius 2 is 2.00 bits per heavy atom. The summed E-state index contributed by atoms with van der Waals surface area (Å²) >= 11 is 0. The monoisotopic (exact) mass is 245 g/mol. The molecule has 96 valence electrons. The quantitative estimate of drug-likeness (QED) is 0.901. The second-order valence-corrected chi connectivity index (χ2v) is 4.95. The van der Waals surface area contributed by atoms with Crippen LogP contribution in [0.3, 0.4) is 0 Å². The lowest BCUT2D eigenvalue weighted by Crippen LogP contribution is -2.21. The molecule has 0 radical (unpaired) electrons. The highest BCUT2D eigenvalue weighted by atomic mass is 16.5. The molecule has 0 bridgehead atoms. The molecule has 0 atom stereocenters. The number of aromatic nitrogens is 1. The van der Waals surface area contributed by atoms with Gasteiger partial charge >= 0.3 is 0 Å². The smallest absolute Gasteiger partial charge is 0.140 e. The predicted molar refractivity (Wildman–Crippen MR) is 72.8 cm³/mol. The van der Waals surface area contributed by atoms with Gasteiger partial charge in [0.1, 0.15) is 17.0 Å². The van der Waals surface area contributed by atoms with E-state index in [0.29, 0.717) is 5.69 Å². The van der Waals surface area contributed by atoms with Crippen LogP contribution in [0.15, 0.2) is 24.3 Å². The average molecular weight is 245 g/mol. The molecule has 3 heteroatoms. The topological polar surface area (TPSA) is 42.4 Å². The second-order valence-electron chi connectivity index (χ2n) is 4.95. The summed E-state index contributed by atoms with van der Waals surface area (Å²) in [6, 6.07) is 7.88. The first kappa shape index (κ1) is 12.8. The number of hydrogen-bond acceptors (Lipinski definition) is 3. The van der Waals surface area contributed by atoms with Gasteiger partial charge in [-0.05, 0) is 44.0 Å². The summed E-state index contributed by atoms with van der Waals surface area (Å²) in [5.41, 5.74) is 2.09. The molecule has 0 amide bonds. The Balaban J connectivity index is 2.63. The van der Waals surface area contributed by atoms with Crippen LogP contribution < -0.4 is 0 Å². The van der Waals surface area contributed by atoms with Crippen LogP contribution in [-0.4, -0.2) is 17.2 Å². The highest BCUT2D eigenvalue weighted by molar-refractivity contribution is 5.81. The third-order valence-corrected chi connectivity index (χ3v) is 3.35. The van der Waals surface area contributed by atoms with Crippen molar-refractivity contribution in [3.8, 4) is 5.75 Å². The molecule has 0 unspecified atom stereocenters. The number of aryl methyl sites for hydroxylation is 1. The first-order chi connectivity index (χ1) is 8.47. The minimum absolute atomic E-state index is 0.183. The normalized spacial score (nSPS) is 12.0. The van der Waals surface area contributed by atoms with E-state index in [4.69, 9.17) is 4.74 Å². The molecule has 1 N–H and O–H groups in total. The van der Waals surface area contributed by atoms with Gasteiger partial charge in [0.05, 0.1) is 5.52 Å². The van der Waals surface area contributed by atoms with E-state index < -0.39 is 5.60 Å². The molecular weight excluding hydrogens is 226 g/mol. The van der Waals surface area contributed by atoms with Crippen molar-refractivity contribution in [3.05, 3.63) is 35.5 Å². The van der Waals surface area contributed by atoms with Gasteiger partial charge in [-0.15, -0.1) is 0 Å². The van der Waals surface area contributed by atoms with Crippen molar-refractivity contribution in [2.24, 2.45) is 0 Å². The van der Waals surface area contributed by atoms with Crippen molar-refractivity contribution >= 4 is 10.9 Å². The van der Waals surface area contributed by atoms with E-state index in [1.54, 1.807) is 13.2 Å². The van der Waals surface area contributed by atoms with Crippen LogP contribution >= 0.6 is 0 Å². The molecule has 0 aliphatic carbocycles. The van der Waals surface area contributed by atoms with Crippen molar-refractivity contribution in [1.29, 1.82) is 0 Å². The molecule has 3 nitrogen and oxygen atoms in total. The number of methoxy groups -OCH3 is 1. The number of fused-ring (bicyclic) bond motifs is 1. The molecule has 0 aliphatic heterocycles. The standard InChI is InChI=1S/C15H19NO2/c1-5-10-6-7-12-11(8-10)9-13(17)14(16-12)15(2,3)18-4/h6-9,17H,5H2,1-4H3. The van der Waals surface area contributed by atoms with Crippen LogP contribution in [0.25, 0.3) is 10.9 Å². The Morgan fingerprint density at radius 1 is 1.28 bits per heavy atom. The van der Waals surface area contributed by atoms with E-state index in [2.05, 4.69) is 24.0 Å². The average Bonchev–Trinajstić information content (AvgIpc) is 2.37. The summed E-state index contributed by atoms with van der Waals surface area (Å²) in [4.78, 5) is 4.52. The number of benzene rings is 1. The zero-order valence-corrected chi connectivity index (χ0v) is 11.3. The fourth-order valence-corrected chi connectivity index (χ4v) is 1.97. The Hall–Kier alpha value is -1.61. The third-order valence-electron chi connectivity index (χ3n) is 3.35. The van der Waals surface area contributed by atoms with Crippen molar-refractivity contribution in [1.82, 2.24) is 4.98 Å². The number of aromatic hydroxyl groups is 1. The molecule has 1 aromatic carbocycles. The lowest BCUT2D eigenvalue weighted by Gasteiger charge is -2.23. The third kappa shape index (κ3) is 2.18. The molecule has 0 saturated heterocycles. The largest absolute Gasteiger partial charge is 0.506 e. The van der Waals surface area contributed by atoms with Crippen LogP contribution in [0.2, 0.25) is 0 Å². The molecule has 0 fully saturated rings. The van der Waals surface area contributed by atoms with Gasteiger partial charge in [0.2, 0.25) is 0 Å². The van der Waals surface area contributed by atoms with Crippen molar-refractivity contribution in [2.45, 2.75) is 32.8 Å². The van der Waals surface area contributed by atoms with E-state index in [0.717, 1.165) is 17.3 Å². The van der Waals surface area contributed by atoms with Gasteiger partial charge in [-0.25, -0.2) is 4.98 Å². The Labute approximate surface area is 107 Å². The maximum atomic E-state index is 10.1. The molecule has 1 aromatic heterocycles. The molecule has 0 saturated carbocycles. The number of ether oxygens (including phenoxy) is 1. The van der Waals surface area contributed by atoms with E-state index in [9.17, 15) is 5.11 Å². The number of hydrogen-bond donors (Lipinski definition) is 1. The predicted octanol–water partition coefficient (Wildman–Crippen LogP) is 3.38. The summed E-state index contributed by atoms with van der Waals surface area (Å²) in [6.45, 7) is 5.89. The zero-order chi connectivity index (χ0) is 13.3. The zero-order valence-electron chi connectivity index (χ0n) is 11.3. The molecule has 2 rings (SSSR count). The maximum Gasteiger partial charge on any atom is 0.140 e. The molecule has 18 heavy (non-hydrogen) atoms. The van der Waals surface area contributed by atoms with E-state index in [1.807, 2.05) is 19.9 Å². The molecule has 0 aliphatic rings. The minimum Gasteiger partial charge on any atom is -0.506 e. The summed E-state index contributed by atoms with van der Waals surface area (Å²) in [7, 11) is 1.62. The Morgan fingerprint density at radius 3 is 2.61 bits per heavy atom. The van der Waals surface area contributed by atoms with Gasteiger partial charge in [-0.1, -0.05) is 13.0 Å².